The molecule has 0 amide bonds. The van der Waals surface area contributed by atoms with Gasteiger partial charge in [0, 0.05) is 0 Å². The summed E-state index contributed by atoms with van der Waals surface area (Å²) in [5, 5.41) is 0. The fourth-order valence-electron chi connectivity index (χ4n) is 15.4. The zero-order valence-electron chi connectivity index (χ0n) is 46.8. The van der Waals surface area contributed by atoms with Crippen LogP contribution in [0.4, 0.5) is 0 Å². The quantitative estimate of drug-likeness (QED) is 0.0455. The third kappa shape index (κ3) is 20.8. The molecule has 0 aromatic heterocycles. The number of hydrogen-bond acceptors (Lipinski definition) is 0. The van der Waals surface area contributed by atoms with Crippen LogP contribution < -0.4 is 0 Å². The van der Waals surface area contributed by atoms with Gasteiger partial charge in [-0.15, -0.1) is 0 Å². The summed E-state index contributed by atoms with van der Waals surface area (Å²) in [4.78, 5) is 0. The lowest BCUT2D eigenvalue weighted by molar-refractivity contribution is -0.891. The Hall–Kier alpha value is -0.160. The third-order valence-corrected chi connectivity index (χ3v) is 19.6. The second-order valence-electron chi connectivity index (χ2n) is 28.0. The molecule has 0 N–H and O–H groups in total. The molecule has 0 spiro atoms. The van der Waals surface area contributed by atoms with Crippen molar-refractivity contribution in [2.45, 2.75) is 207 Å². The first-order chi connectivity index (χ1) is 30.2. The van der Waals surface area contributed by atoms with Crippen LogP contribution in [0.3, 0.4) is 0 Å². The van der Waals surface area contributed by atoms with E-state index in [9.17, 15) is 0 Å². The molecule has 0 aliphatic heterocycles. The molecule has 4 fully saturated rings. The maximum atomic E-state index is 2.54. The monoisotopic (exact) mass is 899 g/mol. The van der Waals surface area contributed by atoms with Crippen molar-refractivity contribution in [3.63, 3.8) is 0 Å². The molecule has 0 bridgehead atoms. The molecule has 4 heteroatoms. The Morgan fingerprint density at radius 2 is 0.516 bits per heavy atom. The predicted octanol–water partition coefficient (Wildman–Crippen LogP) is 15.0. The van der Waals surface area contributed by atoms with Crippen molar-refractivity contribution < 1.29 is 17.9 Å². The lowest BCUT2D eigenvalue weighted by Crippen LogP contribution is -2.42. The molecular weight excluding hydrogens is 777 g/mol. The van der Waals surface area contributed by atoms with E-state index in [4.69, 9.17) is 0 Å². The Labute approximate surface area is 404 Å². The lowest BCUT2D eigenvalue weighted by Gasteiger charge is -2.31. The SMILES string of the molecule is CCC1CC(CCC[N+](C)(C)C)C(CCC2CC(CC)C(CCC[N+](C)(C)CCCCCC[N+](C)(C)CCCC3CC(CC)CC3CCC3CC(CC)C(CCC[N+](C)(C)C)C3)C2)C1. The fraction of sp³-hybridized carbons (Fsp3) is 1.00. The van der Waals surface area contributed by atoms with Crippen LogP contribution in [0, 0.1) is 71.0 Å². The van der Waals surface area contributed by atoms with Crippen LogP contribution in [0.25, 0.3) is 0 Å². The van der Waals surface area contributed by atoms with Gasteiger partial charge in [-0.05, 0) is 212 Å². The smallest absolute Gasteiger partial charge is 0.0782 e. The summed E-state index contributed by atoms with van der Waals surface area (Å²) in [5.74, 6) is 12.2. The minimum atomic E-state index is 1.00. The van der Waals surface area contributed by atoms with E-state index < -0.39 is 0 Å². The first kappa shape index (κ1) is 56.4. The summed E-state index contributed by atoms with van der Waals surface area (Å²) >= 11 is 0. The molecule has 0 radical (unpaired) electrons. The Morgan fingerprint density at radius 1 is 0.250 bits per heavy atom. The van der Waals surface area contributed by atoms with Crippen LogP contribution in [0.15, 0.2) is 0 Å². The minimum absolute atomic E-state index is 1.00. The molecule has 0 aromatic rings. The molecule has 378 valence electrons. The largest absolute Gasteiger partial charge is 0.331 e. The maximum absolute atomic E-state index is 2.54. The highest BCUT2D eigenvalue weighted by Crippen LogP contribution is 2.49. The van der Waals surface area contributed by atoms with E-state index >= 15 is 0 Å². The molecule has 4 nitrogen and oxygen atoms in total. The van der Waals surface area contributed by atoms with Gasteiger partial charge in [-0.1, -0.05) is 66.2 Å². The molecule has 4 aliphatic rings. The van der Waals surface area contributed by atoms with E-state index in [1.54, 1.807) is 51.4 Å². The summed E-state index contributed by atoms with van der Waals surface area (Å²) in [5.41, 5.74) is 0. The van der Waals surface area contributed by atoms with Gasteiger partial charge in [-0.3, -0.25) is 0 Å². The van der Waals surface area contributed by atoms with Crippen molar-refractivity contribution in [2.24, 2.45) is 71.0 Å². The number of nitrogens with zero attached hydrogens (tertiary/aromatic N) is 4. The first-order valence-corrected chi connectivity index (χ1v) is 29.5. The van der Waals surface area contributed by atoms with Gasteiger partial charge >= 0.3 is 0 Å². The zero-order valence-corrected chi connectivity index (χ0v) is 46.8. The Bertz CT molecular complexity index is 1230. The van der Waals surface area contributed by atoms with Crippen molar-refractivity contribution in [3.8, 4) is 0 Å². The molecule has 0 heterocycles. The first-order valence-electron chi connectivity index (χ1n) is 29.5. The molecule has 12 atom stereocenters. The molecule has 0 aromatic carbocycles. The summed E-state index contributed by atoms with van der Waals surface area (Å²) < 4.78 is 4.74. The summed E-state index contributed by atoms with van der Waals surface area (Å²) in [6.07, 6.45) is 41.6. The highest BCUT2D eigenvalue weighted by atomic mass is 15.3. The van der Waals surface area contributed by atoms with Crippen LogP contribution in [0.5, 0.6) is 0 Å². The average molecular weight is 900 g/mol. The molecule has 4 rings (SSSR count). The van der Waals surface area contributed by atoms with Crippen molar-refractivity contribution in [3.05, 3.63) is 0 Å². The van der Waals surface area contributed by atoms with Crippen LogP contribution in [0.2, 0.25) is 0 Å². The normalized spacial score (nSPS) is 31.8. The molecule has 64 heavy (non-hydrogen) atoms. The van der Waals surface area contributed by atoms with Gasteiger partial charge in [0.25, 0.3) is 0 Å². The molecule has 12 unspecified atom stereocenters. The van der Waals surface area contributed by atoms with Gasteiger partial charge in [0.05, 0.1) is 110 Å². The second-order valence-corrected chi connectivity index (χ2v) is 28.0. The number of rotatable bonds is 33. The van der Waals surface area contributed by atoms with Gasteiger partial charge in [0.15, 0.2) is 0 Å². The Morgan fingerprint density at radius 3 is 0.828 bits per heavy atom. The van der Waals surface area contributed by atoms with Gasteiger partial charge in [-0.25, -0.2) is 0 Å². The van der Waals surface area contributed by atoms with Gasteiger partial charge in [-0.2, -0.15) is 0 Å². The minimum Gasteiger partial charge on any atom is -0.331 e. The molecular formula is C60H122N4+4. The van der Waals surface area contributed by atoms with E-state index in [0.717, 1.165) is 80.0 Å². The zero-order chi connectivity index (χ0) is 47.0. The number of quaternary nitrogens is 4. The van der Waals surface area contributed by atoms with Crippen LogP contribution >= 0.6 is 0 Å². The van der Waals surface area contributed by atoms with E-state index in [1.807, 2.05) is 0 Å². The Balaban J connectivity index is 1.06. The second kappa shape index (κ2) is 27.3. The molecule has 0 saturated heterocycles. The van der Waals surface area contributed by atoms with Gasteiger partial charge in [0.2, 0.25) is 0 Å². The van der Waals surface area contributed by atoms with Gasteiger partial charge < -0.3 is 17.9 Å². The van der Waals surface area contributed by atoms with Crippen molar-refractivity contribution in [1.82, 2.24) is 0 Å². The summed E-state index contributed by atoms with van der Waals surface area (Å²) in [6.45, 7) is 18.1. The predicted molar refractivity (Wildman–Crippen MR) is 283 cm³/mol. The summed E-state index contributed by atoms with van der Waals surface area (Å²) in [7, 11) is 24.4. The van der Waals surface area contributed by atoms with E-state index in [2.05, 4.69) is 98.2 Å². The third-order valence-electron chi connectivity index (χ3n) is 19.6. The lowest BCUT2D eigenvalue weighted by atomic mass is 9.85. The summed E-state index contributed by atoms with van der Waals surface area (Å²) in [6, 6.07) is 0. The van der Waals surface area contributed by atoms with E-state index in [-0.39, 0.29) is 0 Å². The Kier molecular flexibility index (Phi) is 24.1. The van der Waals surface area contributed by atoms with Crippen LogP contribution in [0.1, 0.15) is 207 Å². The van der Waals surface area contributed by atoms with Crippen LogP contribution in [-0.2, 0) is 0 Å². The highest BCUT2D eigenvalue weighted by Gasteiger charge is 2.38. The molecule has 4 saturated carbocycles. The van der Waals surface area contributed by atoms with Crippen molar-refractivity contribution in [2.75, 3.05) is 110 Å². The number of hydrogen-bond donors (Lipinski definition) is 0. The molecule has 4 aliphatic carbocycles. The standard InChI is InChI=1S/C60H122N4/c1-15-49-41-57(28-24-36-62(8,9)10)59(43-49)33-31-52-46-54(18-4)56(48-52)29-25-39-63(11,12)37-21-19-20-22-38-64(13,14)40-26-30-58-42-50(16-2)44-60(58)34-32-51-45-53(17-3)55(47-51)27-23-35-61(5,6)7/h49-60H,15-48H2,1-14H3/q+4. The van der Waals surface area contributed by atoms with Crippen molar-refractivity contribution >= 4 is 0 Å². The highest BCUT2D eigenvalue weighted by molar-refractivity contribution is 4.89. The maximum Gasteiger partial charge on any atom is 0.0782 e. The average Bonchev–Trinajstić information content (AvgIpc) is 4.01. The van der Waals surface area contributed by atoms with Crippen molar-refractivity contribution in [1.29, 1.82) is 0 Å². The van der Waals surface area contributed by atoms with E-state index in [1.165, 1.54) is 177 Å². The van der Waals surface area contributed by atoms with Crippen LogP contribution in [-0.4, -0.2) is 128 Å². The topological polar surface area (TPSA) is 0 Å². The van der Waals surface area contributed by atoms with Gasteiger partial charge in [0.1, 0.15) is 0 Å². The van der Waals surface area contributed by atoms with E-state index in [0.29, 0.717) is 0 Å². The fourth-order valence-corrected chi connectivity index (χ4v) is 15.4. The number of unbranched alkanes of at least 4 members (excludes halogenated alkanes) is 3.